The van der Waals surface area contributed by atoms with Gasteiger partial charge in [-0.05, 0) is 47.5 Å². The molecule has 1 aromatic carbocycles. The molecule has 25 heavy (non-hydrogen) atoms. The van der Waals surface area contributed by atoms with Gasteiger partial charge in [0.15, 0.2) is 17.5 Å². The van der Waals surface area contributed by atoms with Gasteiger partial charge in [-0.2, -0.15) is 0 Å². The molecule has 7 nitrogen and oxygen atoms in total. The van der Waals surface area contributed by atoms with Gasteiger partial charge in [0.1, 0.15) is 5.76 Å². The second-order valence-electron chi connectivity index (χ2n) is 5.34. The lowest BCUT2D eigenvalue weighted by molar-refractivity contribution is 0.173. The van der Waals surface area contributed by atoms with Gasteiger partial charge in [-0.1, -0.05) is 0 Å². The molecule has 0 bridgehead atoms. The fourth-order valence-corrected chi connectivity index (χ4v) is 2.91. The lowest BCUT2D eigenvalue weighted by Crippen LogP contribution is -2.36. The summed E-state index contributed by atoms with van der Waals surface area (Å²) in [6.07, 6.45) is 0. The second-order valence-corrected chi connectivity index (χ2v) is 6.19. The Kier molecular flexibility index (Phi) is 6.94. The van der Waals surface area contributed by atoms with Crippen LogP contribution in [0.3, 0.4) is 0 Å². The predicted molar refractivity (Wildman–Crippen MR) is 109 cm³/mol. The van der Waals surface area contributed by atoms with E-state index in [1.54, 1.807) is 7.05 Å². The maximum Gasteiger partial charge on any atom is 0.231 e. The number of hydrogen-bond acceptors (Lipinski definition) is 5. The number of benzene rings is 1. The Hall–Kier alpha value is -1.49. The van der Waals surface area contributed by atoms with E-state index in [4.69, 9.17) is 13.9 Å². The first-order valence-electron chi connectivity index (χ1n) is 7.52. The van der Waals surface area contributed by atoms with Crippen LogP contribution in [-0.2, 0) is 13.1 Å². The highest BCUT2D eigenvalue weighted by Gasteiger charge is 2.18. The maximum absolute atomic E-state index is 5.55. The highest BCUT2D eigenvalue weighted by atomic mass is 127. The van der Waals surface area contributed by atoms with Crippen molar-refractivity contribution < 1.29 is 13.9 Å². The Morgan fingerprint density at radius 1 is 1.24 bits per heavy atom. The molecule has 0 spiro atoms. The van der Waals surface area contributed by atoms with Gasteiger partial charge in [0, 0.05) is 13.6 Å². The summed E-state index contributed by atoms with van der Waals surface area (Å²) in [5.74, 6) is 3.63. The number of halogens is 2. The Morgan fingerprint density at radius 2 is 2.00 bits per heavy atom. The van der Waals surface area contributed by atoms with Crippen molar-refractivity contribution in [1.82, 2.24) is 15.6 Å². The monoisotopic (exact) mass is 522 g/mol. The van der Waals surface area contributed by atoms with E-state index in [0.717, 1.165) is 33.0 Å². The van der Waals surface area contributed by atoms with E-state index in [0.29, 0.717) is 24.9 Å². The van der Waals surface area contributed by atoms with Gasteiger partial charge in [0.2, 0.25) is 12.7 Å². The number of oxazole rings is 1. The van der Waals surface area contributed by atoms with Crippen LogP contribution in [0.2, 0.25) is 0 Å². The number of ether oxygens (including phenoxy) is 2. The summed E-state index contributed by atoms with van der Waals surface area (Å²) in [5, 5.41) is 6.43. The molecule has 0 aliphatic carbocycles. The molecule has 0 atom stereocenters. The first-order valence-corrected chi connectivity index (χ1v) is 8.31. The number of hydrogen-bond donors (Lipinski definition) is 2. The molecule has 2 heterocycles. The molecular weight excluding hydrogens is 503 g/mol. The van der Waals surface area contributed by atoms with Crippen LogP contribution in [0.5, 0.6) is 11.5 Å². The zero-order valence-corrected chi connectivity index (χ0v) is 18.1. The van der Waals surface area contributed by atoms with Crippen molar-refractivity contribution in [1.29, 1.82) is 0 Å². The number of guanidine groups is 1. The zero-order chi connectivity index (χ0) is 17.1. The third kappa shape index (κ3) is 4.78. The Balaban J connectivity index is 0.00000225. The van der Waals surface area contributed by atoms with Crippen LogP contribution in [0.4, 0.5) is 0 Å². The zero-order valence-electron chi connectivity index (χ0n) is 14.2. The Bertz CT molecular complexity index is 759. The van der Waals surface area contributed by atoms with Crippen LogP contribution < -0.4 is 20.1 Å². The number of aryl methyl sites for hydroxylation is 2. The maximum atomic E-state index is 5.55. The highest BCUT2D eigenvalue weighted by molar-refractivity contribution is 14.0. The van der Waals surface area contributed by atoms with E-state index in [-0.39, 0.29) is 30.8 Å². The number of rotatable bonds is 4. The van der Waals surface area contributed by atoms with Crippen molar-refractivity contribution >= 4 is 45.9 Å². The number of aliphatic imine (C=N–C) groups is 1. The quantitative estimate of drug-likeness (QED) is 0.364. The topological polar surface area (TPSA) is 80.9 Å². The average molecular weight is 523 g/mol. The van der Waals surface area contributed by atoms with Crippen LogP contribution in [0.15, 0.2) is 26.0 Å². The first-order chi connectivity index (χ1) is 11.6. The van der Waals surface area contributed by atoms with E-state index in [9.17, 15) is 0 Å². The minimum absolute atomic E-state index is 0. The molecule has 0 saturated carbocycles. The summed E-state index contributed by atoms with van der Waals surface area (Å²) in [6, 6.07) is 3.95. The molecule has 9 heteroatoms. The molecule has 2 aromatic rings. The highest BCUT2D eigenvalue weighted by Crippen LogP contribution is 2.39. The van der Waals surface area contributed by atoms with Gasteiger partial charge in [-0.3, -0.25) is 4.99 Å². The number of fused-ring (bicyclic) bond motifs is 1. The molecule has 3 rings (SSSR count). The van der Waals surface area contributed by atoms with Crippen molar-refractivity contribution in [3.63, 3.8) is 0 Å². The van der Waals surface area contributed by atoms with Crippen LogP contribution in [0, 0.1) is 13.8 Å². The summed E-state index contributed by atoms with van der Waals surface area (Å²) in [7, 11) is 1.72. The molecule has 0 fully saturated rings. The lowest BCUT2D eigenvalue weighted by atomic mass is 10.2. The Labute approximate surface area is 171 Å². The minimum atomic E-state index is 0. The smallest absolute Gasteiger partial charge is 0.231 e. The van der Waals surface area contributed by atoms with Gasteiger partial charge in [-0.25, -0.2) is 4.98 Å². The second kappa shape index (κ2) is 8.75. The van der Waals surface area contributed by atoms with Gasteiger partial charge in [0.05, 0.1) is 16.7 Å². The standard InChI is InChI=1S/C16H19BrN4O3.HI/c1-9-10(2)24-14(21-9)7-20-16(18-3)19-6-11-4-12(17)15-13(5-11)22-8-23-15;/h4-5H,6-8H2,1-3H3,(H2,18,19,20);1H. The SMILES string of the molecule is CN=C(NCc1cc(Br)c2c(c1)OCO2)NCc1nc(C)c(C)o1.I. The van der Waals surface area contributed by atoms with Crippen molar-refractivity contribution in [2.45, 2.75) is 26.9 Å². The normalized spacial score (nSPS) is 12.7. The minimum Gasteiger partial charge on any atom is -0.454 e. The van der Waals surface area contributed by atoms with Gasteiger partial charge < -0.3 is 24.5 Å². The van der Waals surface area contributed by atoms with Gasteiger partial charge >= 0.3 is 0 Å². The summed E-state index contributed by atoms with van der Waals surface area (Å²) in [4.78, 5) is 8.54. The van der Waals surface area contributed by atoms with E-state index in [1.807, 2.05) is 26.0 Å². The van der Waals surface area contributed by atoms with Gasteiger partial charge in [0.25, 0.3) is 0 Å². The molecule has 0 radical (unpaired) electrons. The summed E-state index contributed by atoms with van der Waals surface area (Å²) >= 11 is 3.49. The van der Waals surface area contributed by atoms with E-state index >= 15 is 0 Å². The lowest BCUT2D eigenvalue weighted by Gasteiger charge is -2.11. The molecule has 0 unspecified atom stereocenters. The fraction of sp³-hybridized carbons (Fsp3) is 0.375. The third-order valence-corrected chi connectivity index (χ3v) is 4.24. The largest absolute Gasteiger partial charge is 0.454 e. The van der Waals surface area contributed by atoms with Gasteiger partial charge in [-0.15, -0.1) is 24.0 Å². The van der Waals surface area contributed by atoms with E-state index < -0.39 is 0 Å². The molecule has 0 amide bonds. The van der Waals surface area contributed by atoms with E-state index in [1.165, 1.54) is 0 Å². The summed E-state index contributed by atoms with van der Waals surface area (Å²) < 4.78 is 17.2. The summed E-state index contributed by atoms with van der Waals surface area (Å²) in [5.41, 5.74) is 1.96. The predicted octanol–water partition coefficient (Wildman–Crippen LogP) is 3.27. The molecule has 1 aliphatic heterocycles. The molecule has 0 saturated heterocycles. The van der Waals surface area contributed by atoms with Crippen LogP contribution >= 0.6 is 39.9 Å². The number of nitrogens with one attached hydrogen (secondary N) is 2. The number of aromatic nitrogens is 1. The molecular formula is C16H20BrIN4O3. The van der Waals surface area contributed by atoms with Crippen molar-refractivity contribution in [2.75, 3.05) is 13.8 Å². The summed E-state index contributed by atoms with van der Waals surface area (Å²) in [6.45, 7) is 5.14. The van der Waals surface area contributed by atoms with Crippen LogP contribution in [0.25, 0.3) is 0 Å². The van der Waals surface area contributed by atoms with E-state index in [2.05, 4.69) is 36.5 Å². The molecule has 1 aromatic heterocycles. The Morgan fingerprint density at radius 3 is 2.68 bits per heavy atom. The van der Waals surface area contributed by atoms with Crippen LogP contribution in [-0.4, -0.2) is 24.8 Å². The molecule has 1 aliphatic rings. The third-order valence-electron chi connectivity index (χ3n) is 3.65. The fourth-order valence-electron chi connectivity index (χ4n) is 2.30. The average Bonchev–Trinajstić information content (AvgIpc) is 3.15. The molecule has 136 valence electrons. The first kappa shape index (κ1) is 19.8. The van der Waals surface area contributed by atoms with Crippen LogP contribution in [0.1, 0.15) is 22.9 Å². The van der Waals surface area contributed by atoms with Crippen molar-refractivity contribution in [3.8, 4) is 11.5 Å². The van der Waals surface area contributed by atoms with Crippen molar-refractivity contribution in [2.24, 2.45) is 4.99 Å². The molecule has 2 N–H and O–H groups in total. The number of nitrogens with zero attached hydrogens (tertiary/aromatic N) is 2. The van der Waals surface area contributed by atoms with Crippen molar-refractivity contribution in [3.05, 3.63) is 39.5 Å².